The van der Waals surface area contributed by atoms with Crippen molar-refractivity contribution in [3.8, 4) is 5.75 Å². The summed E-state index contributed by atoms with van der Waals surface area (Å²) in [7, 11) is 0. The average Bonchev–Trinajstić information content (AvgIpc) is 2.79. The summed E-state index contributed by atoms with van der Waals surface area (Å²) in [6.07, 6.45) is 8.37. The average molecular weight is 471 g/mol. The van der Waals surface area contributed by atoms with Crippen LogP contribution in [0.5, 0.6) is 5.75 Å². The number of allylic oxidation sites excluding steroid dienone is 2. The van der Waals surface area contributed by atoms with Crippen LogP contribution < -0.4 is 4.74 Å². The van der Waals surface area contributed by atoms with Crippen LogP contribution in [0.3, 0.4) is 0 Å². The van der Waals surface area contributed by atoms with Gasteiger partial charge in [-0.3, -0.25) is 0 Å². The molecule has 1 aliphatic heterocycles. The Morgan fingerprint density at radius 1 is 1.03 bits per heavy atom. The number of rotatable bonds is 9. The van der Waals surface area contributed by atoms with Gasteiger partial charge in [0.1, 0.15) is 6.61 Å². The Morgan fingerprint density at radius 2 is 1.76 bits per heavy atom. The fraction of sp³-hybridized carbons (Fsp3) is 0.704. The predicted molar refractivity (Wildman–Crippen MR) is 123 cm³/mol. The summed E-state index contributed by atoms with van der Waals surface area (Å²) in [5.41, 5.74) is -1.07. The first kappa shape index (κ1) is 26.1. The van der Waals surface area contributed by atoms with E-state index < -0.39 is 17.6 Å². The van der Waals surface area contributed by atoms with Crippen molar-refractivity contribution in [3.63, 3.8) is 0 Å². The molecule has 0 bridgehead atoms. The van der Waals surface area contributed by atoms with E-state index in [9.17, 15) is 13.2 Å². The summed E-state index contributed by atoms with van der Waals surface area (Å²) in [6, 6.07) is 2.81. The molecule has 0 N–H and O–H groups in total. The summed E-state index contributed by atoms with van der Waals surface area (Å²) in [4.78, 5) is 0. The van der Waals surface area contributed by atoms with Crippen molar-refractivity contribution >= 4 is 0 Å². The molecule has 2 aliphatic rings. The number of hydrogen-bond donors (Lipinski definition) is 0. The zero-order chi connectivity index (χ0) is 23.8. The molecule has 2 fully saturated rings. The minimum atomic E-state index is -4.75. The minimum Gasteiger partial charge on any atom is -0.488 e. The molecule has 3 rings (SSSR count). The highest BCUT2D eigenvalue weighted by molar-refractivity contribution is 5.41. The van der Waals surface area contributed by atoms with Gasteiger partial charge in [-0.1, -0.05) is 31.6 Å². The van der Waals surface area contributed by atoms with E-state index in [0.717, 1.165) is 51.4 Å². The van der Waals surface area contributed by atoms with Gasteiger partial charge >= 0.3 is 6.18 Å². The molecule has 33 heavy (non-hydrogen) atoms. The van der Waals surface area contributed by atoms with E-state index in [2.05, 4.69) is 13.0 Å². The molecule has 0 spiro atoms. The van der Waals surface area contributed by atoms with Gasteiger partial charge in [0.05, 0.1) is 11.7 Å². The van der Waals surface area contributed by atoms with Gasteiger partial charge in [-0.25, -0.2) is 4.39 Å². The van der Waals surface area contributed by atoms with Gasteiger partial charge in [0, 0.05) is 6.61 Å². The van der Waals surface area contributed by atoms with E-state index >= 15 is 4.39 Å². The predicted octanol–water partition coefficient (Wildman–Crippen LogP) is 8.45. The molecule has 6 heteroatoms. The van der Waals surface area contributed by atoms with E-state index in [4.69, 9.17) is 9.47 Å². The van der Waals surface area contributed by atoms with Crippen molar-refractivity contribution < 1.29 is 27.0 Å². The zero-order valence-corrected chi connectivity index (χ0v) is 19.9. The number of halogens is 4. The Morgan fingerprint density at radius 3 is 2.36 bits per heavy atom. The number of benzene rings is 1. The maximum absolute atomic E-state index is 15.1. The number of hydrogen-bond acceptors (Lipinski definition) is 2. The van der Waals surface area contributed by atoms with Crippen molar-refractivity contribution in [1.29, 1.82) is 0 Å². The van der Waals surface area contributed by atoms with Gasteiger partial charge in [-0.15, -0.1) is 0 Å². The molecule has 2 atom stereocenters. The second-order valence-electron chi connectivity index (χ2n) is 9.70. The topological polar surface area (TPSA) is 18.5 Å². The molecule has 0 radical (unpaired) electrons. The third-order valence-corrected chi connectivity index (χ3v) is 7.27. The van der Waals surface area contributed by atoms with Crippen molar-refractivity contribution in [2.45, 2.75) is 96.3 Å². The van der Waals surface area contributed by atoms with Crippen LogP contribution in [0.15, 0.2) is 24.3 Å². The Bertz CT molecular complexity index is 758. The molecule has 1 saturated heterocycles. The molecule has 186 valence electrons. The highest BCUT2D eigenvalue weighted by atomic mass is 19.4. The summed E-state index contributed by atoms with van der Waals surface area (Å²) in [6.45, 7) is 4.83. The normalized spacial score (nSPS) is 26.6. The molecule has 2 unspecified atom stereocenters. The minimum absolute atomic E-state index is 0.0731. The summed E-state index contributed by atoms with van der Waals surface area (Å²) in [5.74, 6) is -0.815. The van der Waals surface area contributed by atoms with Crippen LogP contribution in [-0.4, -0.2) is 19.3 Å². The molecule has 0 amide bonds. The lowest BCUT2D eigenvalue weighted by Gasteiger charge is -2.31. The lowest BCUT2D eigenvalue weighted by atomic mass is 9.76. The van der Waals surface area contributed by atoms with Crippen LogP contribution in [0.4, 0.5) is 17.6 Å². The van der Waals surface area contributed by atoms with Gasteiger partial charge in [-0.05, 0) is 94.1 Å². The quantitative estimate of drug-likeness (QED) is 0.266. The first-order valence-corrected chi connectivity index (χ1v) is 12.6. The van der Waals surface area contributed by atoms with Crippen molar-refractivity contribution in [1.82, 2.24) is 0 Å². The monoisotopic (exact) mass is 470 g/mol. The van der Waals surface area contributed by atoms with Crippen LogP contribution in [0.25, 0.3) is 0 Å². The van der Waals surface area contributed by atoms with E-state index in [1.807, 2.05) is 13.0 Å². The molecule has 2 nitrogen and oxygen atoms in total. The van der Waals surface area contributed by atoms with Crippen LogP contribution in [-0.2, 0) is 10.9 Å². The Labute approximate surface area is 195 Å². The Balaban J connectivity index is 1.65. The van der Waals surface area contributed by atoms with Gasteiger partial charge in [0.2, 0.25) is 0 Å². The van der Waals surface area contributed by atoms with Gasteiger partial charge in [-0.2, -0.15) is 13.2 Å². The molecule has 0 aromatic heterocycles. The molecule has 1 aliphatic carbocycles. The highest BCUT2D eigenvalue weighted by Gasteiger charge is 2.40. The fourth-order valence-electron chi connectivity index (χ4n) is 5.38. The molecular formula is C27H38F4O2. The lowest BCUT2D eigenvalue weighted by Crippen LogP contribution is -2.30. The van der Waals surface area contributed by atoms with Crippen LogP contribution in [0.1, 0.15) is 95.1 Å². The summed E-state index contributed by atoms with van der Waals surface area (Å²) >= 11 is 0. The van der Waals surface area contributed by atoms with Gasteiger partial charge in [0.25, 0.3) is 0 Å². The van der Waals surface area contributed by atoms with Crippen molar-refractivity contribution in [2.24, 2.45) is 11.8 Å². The molecule has 1 aromatic carbocycles. The first-order chi connectivity index (χ1) is 15.8. The third kappa shape index (κ3) is 7.21. The van der Waals surface area contributed by atoms with E-state index in [1.54, 1.807) is 0 Å². The van der Waals surface area contributed by atoms with Crippen LogP contribution in [0, 0.1) is 17.7 Å². The maximum atomic E-state index is 15.1. The van der Waals surface area contributed by atoms with Crippen LogP contribution >= 0.6 is 0 Å². The van der Waals surface area contributed by atoms with Gasteiger partial charge in [0.15, 0.2) is 11.6 Å². The standard InChI is InChI=1S/C27H38F4O2/c1-3-5-6-8-19-9-12-21(13-10-19)23-15-16-24(26(28)25(23)27(29,30)31)33-18-22-14-11-20(7-4-2)17-32-22/h3,5,15-16,19-22H,4,6-14,17-18H2,1-2H3/b5-3+. The Hall–Kier alpha value is -1.56. The number of ether oxygens (including phenoxy) is 2. The van der Waals surface area contributed by atoms with Gasteiger partial charge < -0.3 is 9.47 Å². The second kappa shape index (κ2) is 12.2. The van der Waals surface area contributed by atoms with Crippen LogP contribution in [0.2, 0.25) is 0 Å². The number of alkyl halides is 3. The zero-order valence-electron chi connectivity index (χ0n) is 19.9. The van der Waals surface area contributed by atoms with E-state index in [1.165, 1.54) is 12.1 Å². The SMILES string of the molecule is C/C=C/CCC1CCC(c2ccc(OCC3CCC(CCC)CO3)c(F)c2C(F)(F)F)CC1. The summed E-state index contributed by atoms with van der Waals surface area (Å²) in [5, 5.41) is 0. The maximum Gasteiger partial charge on any atom is 0.419 e. The van der Waals surface area contributed by atoms with Crippen molar-refractivity contribution in [3.05, 3.63) is 41.2 Å². The molecular weight excluding hydrogens is 432 g/mol. The third-order valence-electron chi connectivity index (χ3n) is 7.27. The summed E-state index contributed by atoms with van der Waals surface area (Å²) < 4.78 is 68.1. The van der Waals surface area contributed by atoms with E-state index in [-0.39, 0.29) is 29.9 Å². The fourth-order valence-corrected chi connectivity index (χ4v) is 5.38. The Kier molecular flexibility index (Phi) is 9.66. The lowest BCUT2D eigenvalue weighted by molar-refractivity contribution is -0.141. The largest absolute Gasteiger partial charge is 0.488 e. The van der Waals surface area contributed by atoms with E-state index in [0.29, 0.717) is 31.3 Å². The highest BCUT2D eigenvalue weighted by Crippen LogP contribution is 2.45. The molecule has 1 heterocycles. The smallest absolute Gasteiger partial charge is 0.419 e. The van der Waals surface area contributed by atoms with Crippen molar-refractivity contribution in [2.75, 3.05) is 13.2 Å². The second-order valence-corrected chi connectivity index (χ2v) is 9.70. The molecule has 1 saturated carbocycles. The first-order valence-electron chi connectivity index (χ1n) is 12.6. The molecule has 1 aromatic rings.